The Morgan fingerprint density at radius 1 is 1.41 bits per heavy atom. The lowest BCUT2D eigenvalue weighted by molar-refractivity contribution is -0.131. The Balaban J connectivity index is 1.96. The van der Waals surface area contributed by atoms with Gasteiger partial charge in [-0.25, -0.2) is 4.98 Å². The van der Waals surface area contributed by atoms with E-state index in [1.54, 1.807) is 12.1 Å². The average Bonchev–Trinajstić information content (AvgIpc) is 3.08. The summed E-state index contributed by atoms with van der Waals surface area (Å²) in [6, 6.07) is 6.79. The van der Waals surface area contributed by atoms with Crippen molar-refractivity contribution >= 4 is 5.91 Å². The monoisotopic (exact) mass is 365 g/mol. The van der Waals surface area contributed by atoms with Gasteiger partial charge in [0.2, 0.25) is 11.8 Å². The van der Waals surface area contributed by atoms with E-state index in [2.05, 4.69) is 28.4 Å². The summed E-state index contributed by atoms with van der Waals surface area (Å²) in [5.74, 6) is 2.65. The van der Waals surface area contributed by atoms with Crippen LogP contribution in [0, 0.1) is 41.9 Å². The highest BCUT2D eigenvalue weighted by Crippen LogP contribution is 2.23. The predicted molar refractivity (Wildman–Crippen MR) is 99.4 cm³/mol. The second-order valence-corrected chi connectivity index (χ2v) is 7.15. The summed E-state index contributed by atoms with van der Waals surface area (Å²) in [5, 5.41) is 21.5. The van der Waals surface area contributed by atoms with Crippen LogP contribution in [0.4, 0.5) is 0 Å². The van der Waals surface area contributed by atoms with E-state index < -0.39 is 11.6 Å². The molecular formula is C20H23N5O2. The molecule has 140 valence electrons. The number of aryl methyl sites for hydroxylation is 1. The minimum absolute atomic E-state index is 0.0407. The van der Waals surface area contributed by atoms with E-state index in [1.165, 1.54) is 4.90 Å². The molecule has 0 radical (unpaired) electrons. The van der Waals surface area contributed by atoms with E-state index in [0.717, 1.165) is 5.69 Å². The highest BCUT2D eigenvalue weighted by molar-refractivity contribution is 5.80. The minimum atomic E-state index is -0.554. The van der Waals surface area contributed by atoms with E-state index in [-0.39, 0.29) is 31.0 Å². The van der Waals surface area contributed by atoms with Gasteiger partial charge in [0.05, 0.1) is 18.7 Å². The fraction of sp³-hybridized carbons (Fsp3) is 0.500. The normalized spacial score (nSPS) is 19.0. The van der Waals surface area contributed by atoms with Crippen LogP contribution in [0.5, 0.6) is 5.88 Å². The third kappa shape index (κ3) is 4.97. The second kappa shape index (κ2) is 8.54. The largest absolute Gasteiger partial charge is 0.475 e. The van der Waals surface area contributed by atoms with E-state index in [4.69, 9.17) is 16.4 Å². The van der Waals surface area contributed by atoms with E-state index >= 15 is 0 Å². The molecule has 1 aliphatic rings. The molecular weight excluding hydrogens is 342 g/mol. The molecule has 1 fully saturated rings. The Labute approximate surface area is 159 Å². The van der Waals surface area contributed by atoms with Crippen molar-refractivity contribution in [1.29, 1.82) is 10.5 Å². The molecule has 1 aliphatic heterocycles. The first kappa shape index (κ1) is 20.2. The minimum Gasteiger partial charge on any atom is -0.475 e. The van der Waals surface area contributed by atoms with E-state index in [0.29, 0.717) is 18.4 Å². The first-order valence-electron chi connectivity index (χ1n) is 8.74. The van der Waals surface area contributed by atoms with Crippen LogP contribution in [-0.4, -0.2) is 46.6 Å². The molecule has 2 unspecified atom stereocenters. The lowest BCUT2D eigenvalue weighted by Gasteiger charge is -2.29. The molecule has 2 heterocycles. The Morgan fingerprint density at radius 3 is 2.74 bits per heavy atom. The van der Waals surface area contributed by atoms with Gasteiger partial charge in [0.1, 0.15) is 24.3 Å². The van der Waals surface area contributed by atoms with Crippen LogP contribution in [0.2, 0.25) is 0 Å². The number of hydrogen-bond acceptors (Lipinski definition) is 6. The first-order valence-corrected chi connectivity index (χ1v) is 8.74. The molecule has 1 amide bonds. The molecule has 1 N–H and O–H groups in total. The van der Waals surface area contributed by atoms with Gasteiger partial charge in [0.15, 0.2) is 0 Å². The van der Waals surface area contributed by atoms with Crippen molar-refractivity contribution in [1.82, 2.24) is 15.2 Å². The SMILES string of the molecule is C#CC1CCC(C#N)N1C(=O)CNC(C)(C)COc1nc(C)ccc1C#N. The summed E-state index contributed by atoms with van der Waals surface area (Å²) in [7, 11) is 0. The number of nitriles is 2. The smallest absolute Gasteiger partial charge is 0.238 e. The van der Waals surface area contributed by atoms with Crippen molar-refractivity contribution < 1.29 is 9.53 Å². The summed E-state index contributed by atoms with van der Waals surface area (Å²) in [6.07, 6.45) is 6.72. The Hall–Kier alpha value is -3.08. The number of terminal acetylenes is 1. The molecule has 1 aromatic heterocycles. The molecule has 0 aromatic carbocycles. The molecule has 1 aromatic rings. The maximum absolute atomic E-state index is 12.6. The van der Waals surface area contributed by atoms with Crippen molar-refractivity contribution in [2.75, 3.05) is 13.2 Å². The summed E-state index contributed by atoms with van der Waals surface area (Å²) in [6.45, 7) is 5.84. The van der Waals surface area contributed by atoms with Gasteiger partial charge in [-0.2, -0.15) is 10.5 Å². The molecule has 0 aliphatic carbocycles. The Morgan fingerprint density at radius 2 is 2.11 bits per heavy atom. The first-order chi connectivity index (χ1) is 12.8. The van der Waals surface area contributed by atoms with Crippen molar-refractivity contribution in [2.24, 2.45) is 0 Å². The maximum atomic E-state index is 12.6. The van der Waals surface area contributed by atoms with Crippen molar-refractivity contribution in [2.45, 2.75) is 51.2 Å². The van der Waals surface area contributed by atoms with Gasteiger partial charge in [-0.1, -0.05) is 5.92 Å². The zero-order valence-corrected chi connectivity index (χ0v) is 15.8. The third-order valence-electron chi connectivity index (χ3n) is 4.42. The second-order valence-electron chi connectivity index (χ2n) is 7.15. The number of nitrogens with zero attached hydrogens (tertiary/aromatic N) is 4. The fourth-order valence-electron chi connectivity index (χ4n) is 2.88. The predicted octanol–water partition coefficient (Wildman–Crippen LogP) is 1.53. The molecule has 7 nitrogen and oxygen atoms in total. The van der Waals surface area contributed by atoms with Crippen LogP contribution in [0.15, 0.2) is 12.1 Å². The van der Waals surface area contributed by atoms with Gasteiger partial charge in [-0.15, -0.1) is 6.42 Å². The maximum Gasteiger partial charge on any atom is 0.238 e. The number of rotatable bonds is 6. The number of amides is 1. The number of nitrogens with one attached hydrogen (secondary N) is 1. The van der Waals surface area contributed by atoms with Crippen molar-refractivity contribution in [3.05, 3.63) is 23.4 Å². The van der Waals surface area contributed by atoms with Crippen molar-refractivity contribution in [3.63, 3.8) is 0 Å². The van der Waals surface area contributed by atoms with Crippen LogP contribution in [0.1, 0.15) is 37.9 Å². The van der Waals surface area contributed by atoms with E-state index in [1.807, 2.05) is 20.8 Å². The Bertz CT molecular complexity index is 806. The standard InChI is InChI=1S/C20H23N5O2/c1-5-16-8-9-17(11-22)25(16)18(26)12-23-20(3,4)13-27-19-15(10-21)7-6-14(2)24-19/h1,6-7,16-17,23H,8-9,12-13H2,2-4H3. The number of pyridine rings is 1. The number of hydrogen-bond donors (Lipinski definition) is 1. The van der Waals surface area contributed by atoms with Crippen molar-refractivity contribution in [3.8, 4) is 30.4 Å². The molecule has 0 spiro atoms. The van der Waals surface area contributed by atoms with Gasteiger partial charge in [-0.3, -0.25) is 4.79 Å². The lowest BCUT2D eigenvalue weighted by atomic mass is 10.1. The number of aromatic nitrogens is 1. The van der Waals surface area contributed by atoms with Crippen LogP contribution >= 0.6 is 0 Å². The quantitative estimate of drug-likeness (QED) is 0.767. The van der Waals surface area contributed by atoms with Gasteiger partial charge in [0, 0.05) is 11.2 Å². The summed E-state index contributed by atoms with van der Waals surface area (Å²) < 4.78 is 5.71. The topological polar surface area (TPSA) is 102 Å². The summed E-state index contributed by atoms with van der Waals surface area (Å²) >= 11 is 0. The van der Waals surface area contributed by atoms with Crippen LogP contribution in [0.3, 0.4) is 0 Å². The van der Waals surface area contributed by atoms with Crippen LogP contribution in [0.25, 0.3) is 0 Å². The molecule has 2 rings (SSSR count). The third-order valence-corrected chi connectivity index (χ3v) is 4.42. The summed E-state index contributed by atoms with van der Waals surface area (Å²) in [4.78, 5) is 18.3. The number of carbonyl (C=O) groups excluding carboxylic acids is 1. The van der Waals surface area contributed by atoms with Crippen LogP contribution < -0.4 is 10.1 Å². The highest BCUT2D eigenvalue weighted by atomic mass is 16.5. The number of carbonyl (C=O) groups is 1. The molecule has 0 bridgehead atoms. The zero-order valence-electron chi connectivity index (χ0n) is 15.8. The average molecular weight is 365 g/mol. The number of ether oxygens (including phenoxy) is 1. The van der Waals surface area contributed by atoms with Gasteiger partial charge >= 0.3 is 0 Å². The van der Waals surface area contributed by atoms with Gasteiger partial charge < -0.3 is 15.0 Å². The van der Waals surface area contributed by atoms with Crippen LogP contribution in [-0.2, 0) is 4.79 Å². The Kier molecular flexibility index (Phi) is 6.40. The summed E-state index contributed by atoms with van der Waals surface area (Å²) in [5.41, 5.74) is 0.557. The highest BCUT2D eigenvalue weighted by Gasteiger charge is 2.36. The zero-order chi connectivity index (χ0) is 20.0. The number of likely N-dealkylation sites (tertiary alicyclic amines) is 1. The molecule has 1 saturated heterocycles. The van der Waals surface area contributed by atoms with Gasteiger partial charge in [-0.05, 0) is 45.7 Å². The van der Waals surface area contributed by atoms with E-state index in [9.17, 15) is 10.1 Å². The molecule has 7 heteroatoms. The molecule has 27 heavy (non-hydrogen) atoms. The molecule has 0 saturated carbocycles. The lowest BCUT2D eigenvalue weighted by Crippen LogP contribution is -2.51. The molecule has 2 atom stereocenters. The fourth-order valence-corrected chi connectivity index (χ4v) is 2.88. The van der Waals surface area contributed by atoms with Gasteiger partial charge in [0.25, 0.3) is 0 Å².